The summed E-state index contributed by atoms with van der Waals surface area (Å²) in [6.45, 7) is 0. The molecule has 5 heteroatoms. The molecule has 1 heterocycles. The van der Waals surface area contributed by atoms with Crippen molar-refractivity contribution in [2.45, 2.75) is 32.1 Å². The van der Waals surface area contributed by atoms with Crippen LogP contribution in [0.25, 0.3) is 11.3 Å². The lowest BCUT2D eigenvalue weighted by Crippen LogP contribution is -2.14. The van der Waals surface area contributed by atoms with E-state index in [-0.39, 0.29) is 5.91 Å². The molecule has 1 aromatic carbocycles. The minimum Gasteiger partial charge on any atom is -0.497 e. The smallest absolute Gasteiger partial charge is 0.226 e. The van der Waals surface area contributed by atoms with Crippen LogP contribution in [0.1, 0.15) is 32.1 Å². The summed E-state index contributed by atoms with van der Waals surface area (Å²) in [6.07, 6.45) is 5.51. The number of aromatic nitrogens is 1. The van der Waals surface area contributed by atoms with E-state index in [1.807, 2.05) is 29.6 Å². The van der Waals surface area contributed by atoms with Gasteiger partial charge in [0.05, 0.1) is 12.8 Å². The first-order valence-corrected chi connectivity index (χ1v) is 8.52. The Labute approximate surface area is 134 Å². The molecule has 0 spiro atoms. The molecule has 0 aliphatic heterocycles. The van der Waals surface area contributed by atoms with Crippen molar-refractivity contribution in [2.75, 3.05) is 12.4 Å². The molecule has 0 bridgehead atoms. The molecule has 0 saturated heterocycles. The Morgan fingerprint density at radius 3 is 2.73 bits per heavy atom. The highest BCUT2D eigenvalue weighted by molar-refractivity contribution is 7.14. The fourth-order valence-corrected chi connectivity index (χ4v) is 3.61. The number of benzene rings is 1. The van der Waals surface area contributed by atoms with Crippen LogP contribution in [0.4, 0.5) is 5.13 Å². The molecule has 1 saturated carbocycles. The summed E-state index contributed by atoms with van der Waals surface area (Å²) in [7, 11) is 1.65. The Balaban J connectivity index is 1.61. The molecular formula is C17H20N2O2S. The SMILES string of the molecule is COc1ccc(-c2csc(NC(=O)CC3CCCC3)n2)cc1. The lowest BCUT2D eigenvalue weighted by Gasteiger charge is -2.07. The molecule has 0 radical (unpaired) electrons. The zero-order valence-corrected chi connectivity index (χ0v) is 13.5. The molecule has 3 rings (SSSR count). The first kappa shape index (κ1) is 15.0. The second-order valence-electron chi connectivity index (χ2n) is 5.67. The van der Waals surface area contributed by atoms with Gasteiger partial charge in [-0.1, -0.05) is 12.8 Å². The van der Waals surface area contributed by atoms with E-state index >= 15 is 0 Å². The van der Waals surface area contributed by atoms with Crippen LogP contribution in [0.5, 0.6) is 5.75 Å². The minimum atomic E-state index is 0.0857. The molecule has 1 amide bonds. The van der Waals surface area contributed by atoms with E-state index in [1.165, 1.54) is 37.0 Å². The molecule has 1 aliphatic rings. The Bertz CT molecular complexity index is 630. The molecule has 0 atom stereocenters. The predicted octanol–water partition coefficient (Wildman–Crippen LogP) is 4.34. The Hall–Kier alpha value is -1.88. The highest BCUT2D eigenvalue weighted by Crippen LogP contribution is 2.29. The summed E-state index contributed by atoms with van der Waals surface area (Å²) >= 11 is 1.47. The van der Waals surface area contributed by atoms with Crippen LogP contribution in [-0.4, -0.2) is 18.0 Å². The maximum atomic E-state index is 12.0. The average Bonchev–Trinajstić information content (AvgIpc) is 3.19. The average molecular weight is 316 g/mol. The molecule has 1 fully saturated rings. The van der Waals surface area contributed by atoms with Gasteiger partial charge in [0.15, 0.2) is 5.13 Å². The van der Waals surface area contributed by atoms with Crippen molar-refractivity contribution in [3.8, 4) is 17.0 Å². The Morgan fingerprint density at radius 1 is 1.32 bits per heavy atom. The molecule has 4 nitrogen and oxygen atoms in total. The fourth-order valence-electron chi connectivity index (χ4n) is 2.87. The van der Waals surface area contributed by atoms with Crippen LogP contribution < -0.4 is 10.1 Å². The van der Waals surface area contributed by atoms with E-state index in [9.17, 15) is 4.79 Å². The van der Waals surface area contributed by atoms with Crippen LogP contribution >= 0.6 is 11.3 Å². The van der Waals surface area contributed by atoms with Crippen LogP contribution in [0.15, 0.2) is 29.6 Å². The second kappa shape index (κ2) is 6.92. The van der Waals surface area contributed by atoms with E-state index in [1.54, 1.807) is 7.11 Å². The van der Waals surface area contributed by atoms with Gasteiger partial charge in [0.25, 0.3) is 0 Å². The van der Waals surface area contributed by atoms with Gasteiger partial charge in [0.1, 0.15) is 5.75 Å². The molecule has 1 N–H and O–H groups in total. The van der Waals surface area contributed by atoms with E-state index in [0.717, 1.165) is 17.0 Å². The predicted molar refractivity (Wildman–Crippen MR) is 89.3 cm³/mol. The van der Waals surface area contributed by atoms with E-state index in [0.29, 0.717) is 17.5 Å². The number of ether oxygens (including phenoxy) is 1. The number of amides is 1. The summed E-state index contributed by atoms with van der Waals surface area (Å²) in [6, 6.07) is 7.76. The van der Waals surface area contributed by atoms with Gasteiger partial charge in [-0.15, -0.1) is 11.3 Å². The number of nitrogens with zero attached hydrogens (tertiary/aromatic N) is 1. The summed E-state index contributed by atoms with van der Waals surface area (Å²) in [5.41, 5.74) is 1.90. The number of anilines is 1. The molecule has 1 aliphatic carbocycles. The number of thiazole rings is 1. The first-order valence-electron chi connectivity index (χ1n) is 7.64. The van der Waals surface area contributed by atoms with Gasteiger partial charge in [0, 0.05) is 17.4 Å². The van der Waals surface area contributed by atoms with Crippen molar-refractivity contribution in [2.24, 2.45) is 5.92 Å². The Kier molecular flexibility index (Phi) is 4.73. The lowest BCUT2D eigenvalue weighted by molar-refractivity contribution is -0.117. The van der Waals surface area contributed by atoms with Crippen molar-refractivity contribution in [3.05, 3.63) is 29.6 Å². The third-order valence-corrected chi connectivity index (χ3v) is 4.84. The highest BCUT2D eigenvalue weighted by Gasteiger charge is 2.19. The molecule has 2 aromatic rings. The first-order chi connectivity index (χ1) is 10.7. The number of rotatable bonds is 5. The van der Waals surface area contributed by atoms with Gasteiger partial charge in [-0.3, -0.25) is 4.79 Å². The lowest BCUT2D eigenvalue weighted by atomic mass is 10.0. The zero-order chi connectivity index (χ0) is 15.4. The number of hydrogen-bond acceptors (Lipinski definition) is 4. The molecule has 116 valence electrons. The maximum absolute atomic E-state index is 12.0. The Morgan fingerprint density at radius 2 is 2.05 bits per heavy atom. The highest BCUT2D eigenvalue weighted by atomic mass is 32.1. The van der Waals surface area contributed by atoms with Gasteiger partial charge >= 0.3 is 0 Å². The minimum absolute atomic E-state index is 0.0857. The van der Waals surface area contributed by atoms with Crippen molar-refractivity contribution < 1.29 is 9.53 Å². The van der Waals surface area contributed by atoms with Crippen molar-refractivity contribution in [1.29, 1.82) is 0 Å². The van der Waals surface area contributed by atoms with E-state index in [4.69, 9.17) is 4.74 Å². The number of hydrogen-bond donors (Lipinski definition) is 1. The number of carbonyl (C=O) groups excluding carboxylic acids is 1. The van der Waals surface area contributed by atoms with Crippen LogP contribution in [-0.2, 0) is 4.79 Å². The summed E-state index contributed by atoms with van der Waals surface area (Å²) in [4.78, 5) is 16.5. The van der Waals surface area contributed by atoms with Gasteiger partial charge < -0.3 is 10.1 Å². The van der Waals surface area contributed by atoms with Crippen molar-refractivity contribution in [1.82, 2.24) is 4.98 Å². The van der Waals surface area contributed by atoms with Gasteiger partial charge in [-0.05, 0) is 43.0 Å². The van der Waals surface area contributed by atoms with Crippen molar-refractivity contribution in [3.63, 3.8) is 0 Å². The van der Waals surface area contributed by atoms with Crippen LogP contribution in [0.3, 0.4) is 0 Å². The number of carbonyl (C=O) groups is 1. The van der Waals surface area contributed by atoms with E-state index in [2.05, 4.69) is 10.3 Å². The molecule has 22 heavy (non-hydrogen) atoms. The molecular weight excluding hydrogens is 296 g/mol. The number of nitrogens with one attached hydrogen (secondary N) is 1. The zero-order valence-electron chi connectivity index (χ0n) is 12.7. The van der Waals surface area contributed by atoms with Crippen LogP contribution in [0.2, 0.25) is 0 Å². The monoisotopic (exact) mass is 316 g/mol. The quantitative estimate of drug-likeness (QED) is 0.893. The normalized spacial score (nSPS) is 15.0. The topological polar surface area (TPSA) is 51.2 Å². The third kappa shape index (κ3) is 3.65. The van der Waals surface area contributed by atoms with Gasteiger partial charge in [-0.2, -0.15) is 0 Å². The third-order valence-electron chi connectivity index (χ3n) is 4.09. The standard InChI is InChI=1S/C17H20N2O2S/c1-21-14-8-6-13(7-9-14)15-11-22-17(18-15)19-16(20)10-12-4-2-3-5-12/h6-9,11-12H,2-5,10H2,1H3,(H,18,19,20). The summed E-state index contributed by atoms with van der Waals surface area (Å²) in [5.74, 6) is 1.47. The van der Waals surface area contributed by atoms with Crippen molar-refractivity contribution >= 4 is 22.4 Å². The van der Waals surface area contributed by atoms with Gasteiger partial charge in [-0.25, -0.2) is 4.98 Å². The summed E-state index contributed by atoms with van der Waals surface area (Å²) in [5, 5.41) is 5.57. The van der Waals surface area contributed by atoms with Gasteiger partial charge in [0.2, 0.25) is 5.91 Å². The second-order valence-corrected chi connectivity index (χ2v) is 6.53. The maximum Gasteiger partial charge on any atom is 0.226 e. The largest absolute Gasteiger partial charge is 0.497 e. The fraction of sp³-hybridized carbons (Fsp3) is 0.412. The molecule has 0 unspecified atom stereocenters. The summed E-state index contributed by atoms with van der Waals surface area (Å²) < 4.78 is 5.15. The van der Waals surface area contributed by atoms with Crippen LogP contribution in [0, 0.1) is 5.92 Å². The number of methoxy groups -OCH3 is 1. The molecule has 1 aromatic heterocycles. The van der Waals surface area contributed by atoms with E-state index < -0.39 is 0 Å².